The summed E-state index contributed by atoms with van der Waals surface area (Å²) >= 11 is 0. The molecule has 0 aliphatic carbocycles. The molecule has 0 aromatic carbocycles. The Kier molecular flexibility index (Phi) is 2.71. The molecule has 0 bridgehead atoms. The first kappa shape index (κ1) is 8.62. The lowest BCUT2D eigenvalue weighted by molar-refractivity contribution is 0.472. The van der Waals surface area contributed by atoms with E-state index >= 15 is 0 Å². The van der Waals surface area contributed by atoms with Crippen LogP contribution in [-0.2, 0) is 6.42 Å². The highest BCUT2D eigenvalue weighted by atomic mass is 16.4. The summed E-state index contributed by atoms with van der Waals surface area (Å²) in [6.07, 6.45) is 0.568. The Morgan fingerprint density at radius 2 is 2.33 bits per heavy atom. The van der Waals surface area contributed by atoms with E-state index in [1.807, 2.05) is 13.8 Å². The molecule has 0 aliphatic heterocycles. The minimum Gasteiger partial charge on any atom is -0.446 e. The number of nitrogens with zero attached hydrogens (tertiary/aromatic N) is 4. The van der Waals surface area contributed by atoms with Crippen molar-refractivity contribution in [2.75, 3.05) is 6.54 Å². The van der Waals surface area contributed by atoms with Crippen molar-refractivity contribution in [3.05, 3.63) is 27.8 Å². The van der Waals surface area contributed by atoms with Crippen LogP contribution in [0.15, 0.2) is 9.53 Å². The van der Waals surface area contributed by atoms with Crippen LogP contribution in [0.5, 0.6) is 0 Å². The van der Waals surface area contributed by atoms with Crippen LogP contribution < -0.4 is 0 Å². The Morgan fingerprint density at radius 3 is 2.83 bits per heavy atom. The zero-order chi connectivity index (χ0) is 8.97. The maximum absolute atomic E-state index is 8.01. The van der Waals surface area contributed by atoms with Crippen molar-refractivity contribution in [2.24, 2.45) is 5.11 Å². The molecule has 1 rings (SSSR count). The number of oxazole rings is 1. The second-order valence-corrected chi connectivity index (χ2v) is 2.45. The Labute approximate surface area is 70.0 Å². The van der Waals surface area contributed by atoms with Gasteiger partial charge in [-0.3, -0.25) is 0 Å². The Hall–Kier alpha value is -1.48. The molecule has 1 aromatic heterocycles. The molecule has 5 heteroatoms. The van der Waals surface area contributed by atoms with E-state index in [0.29, 0.717) is 18.9 Å². The lowest BCUT2D eigenvalue weighted by Gasteiger charge is -1.86. The topological polar surface area (TPSA) is 74.8 Å². The van der Waals surface area contributed by atoms with Gasteiger partial charge in [0.15, 0.2) is 5.89 Å². The van der Waals surface area contributed by atoms with E-state index in [4.69, 9.17) is 9.95 Å². The summed E-state index contributed by atoms with van der Waals surface area (Å²) < 4.78 is 5.27. The SMILES string of the molecule is Cc1nc(CCN=[N+]=[N-])oc1C. The average molecular weight is 166 g/mol. The van der Waals surface area contributed by atoms with Gasteiger partial charge in [-0.1, -0.05) is 5.11 Å². The van der Waals surface area contributed by atoms with Gasteiger partial charge in [-0.05, 0) is 19.4 Å². The maximum atomic E-state index is 8.01. The largest absolute Gasteiger partial charge is 0.446 e. The second kappa shape index (κ2) is 3.78. The number of aryl methyl sites for hydroxylation is 2. The summed E-state index contributed by atoms with van der Waals surface area (Å²) in [6, 6.07) is 0. The van der Waals surface area contributed by atoms with Crippen LogP contribution in [0.4, 0.5) is 0 Å². The number of hydrogen-bond donors (Lipinski definition) is 0. The first-order valence-corrected chi connectivity index (χ1v) is 3.68. The zero-order valence-corrected chi connectivity index (χ0v) is 7.11. The van der Waals surface area contributed by atoms with E-state index in [1.165, 1.54) is 0 Å². The molecule has 0 atom stereocenters. The van der Waals surface area contributed by atoms with Gasteiger partial charge in [0.05, 0.1) is 5.69 Å². The molecule has 0 spiro atoms. The average Bonchev–Trinajstić information content (AvgIpc) is 2.32. The maximum Gasteiger partial charge on any atom is 0.194 e. The minimum atomic E-state index is 0.399. The first-order valence-electron chi connectivity index (χ1n) is 3.68. The highest BCUT2D eigenvalue weighted by Crippen LogP contribution is 2.08. The van der Waals surface area contributed by atoms with Gasteiger partial charge in [0.1, 0.15) is 5.76 Å². The van der Waals surface area contributed by atoms with Gasteiger partial charge in [0, 0.05) is 17.9 Å². The van der Waals surface area contributed by atoms with Crippen molar-refractivity contribution < 1.29 is 4.42 Å². The van der Waals surface area contributed by atoms with Crippen LogP contribution >= 0.6 is 0 Å². The highest BCUT2D eigenvalue weighted by molar-refractivity contribution is 5.05. The molecule has 0 saturated heterocycles. The molecule has 5 nitrogen and oxygen atoms in total. The van der Waals surface area contributed by atoms with Crippen LogP contribution in [0.2, 0.25) is 0 Å². The molecule has 0 aliphatic rings. The molecule has 0 amide bonds. The molecule has 1 aromatic rings. The van der Waals surface area contributed by atoms with Crippen LogP contribution in [0.25, 0.3) is 10.4 Å². The van der Waals surface area contributed by atoms with E-state index in [0.717, 1.165) is 11.5 Å². The van der Waals surface area contributed by atoms with Crippen molar-refractivity contribution in [2.45, 2.75) is 20.3 Å². The van der Waals surface area contributed by atoms with Crippen molar-refractivity contribution in [3.63, 3.8) is 0 Å². The molecule has 12 heavy (non-hydrogen) atoms. The van der Waals surface area contributed by atoms with Crippen molar-refractivity contribution in [1.82, 2.24) is 4.98 Å². The van der Waals surface area contributed by atoms with E-state index in [-0.39, 0.29) is 0 Å². The fourth-order valence-corrected chi connectivity index (χ4v) is 0.836. The molecular weight excluding hydrogens is 156 g/mol. The Balaban J connectivity index is 2.58. The molecular formula is C7H10N4O. The predicted molar refractivity (Wildman–Crippen MR) is 43.7 cm³/mol. The van der Waals surface area contributed by atoms with E-state index in [1.54, 1.807) is 0 Å². The predicted octanol–water partition coefficient (Wildman–Crippen LogP) is 2.14. The molecule has 0 unspecified atom stereocenters. The van der Waals surface area contributed by atoms with Crippen LogP contribution in [-0.4, -0.2) is 11.5 Å². The summed E-state index contributed by atoms with van der Waals surface area (Å²) in [6.45, 7) is 4.14. The zero-order valence-electron chi connectivity index (χ0n) is 7.11. The fourth-order valence-electron chi connectivity index (χ4n) is 0.836. The minimum absolute atomic E-state index is 0.399. The summed E-state index contributed by atoms with van der Waals surface area (Å²) in [5.41, 5.74) is 8.91. The third-order valence-corrected chi connectivity index (χ3v) is 1.56. The van der Waals surface area contributed by atoms with E-state index < -0.39 is 0 Å². The number of azide groups is 1. The van der Waals surface area contributed by atoms with Gasteiger partial charge < -0.3 is 4.42 Å². The van der Waals surface area contributed by atoms with Crippen molar-refractivity contribution >= 4 is 0 Å². The van der Waals surface area contributed by atoms with E-state index in [9.17, 15) is 0 Å². The normalized spacial score (nSPS) is 9.50. The van der Waals surface area contributed by atoms with Gasteiger partial charge in [-0.15, -0.1) is 0 Å². The third-order valence-electron chi connectivity index (χ3n) is 1.56. The summed E-state index contributed by atoms with van der Waals surface area (Å²) in [5, 5.41) is 3.39. The van der Waals surface area contributed by atoms with Gasteiger partial charge in [0.25, 0.3) is 0 Å². The van der Waals surface area contributed by atoms with Gasteiger partial charge in [0.2, 0.25) is 0 Å². The molecule has 0 radical (unpaired) electrons. The molecule has 0 saturated carbocycles. The summed E-state index contributed by atoms with van der Waals surface area (Å²) in [5.74, 6) is 1.46. The lowest BCUT2D eigenvalue weighted by Crippen LogP contribution is -1.87. The smallest absolute Gasteiger partial charge is 0.194 e. The number of hydrogen-bond acceptors (Lipinski definition) is 3. The molecule has 64 valence electrons. The van der Waals surface area contributed by atoms with Gasteiger partial charge in [-0.2, -0.15) is 0 Å². The standard InChI is InChI=1S/C7H10N4O/c1-5-6(2)12-7(10-5)3-4-9-11-8/h3-4H2,1-2H3. The number of rotatable bonds is 3. The lowest BCUT2D eigenvalue weighted by atomic mass is 10.4. The summed E-state index contributed by atoms with van der Waals surface area (Å²) in [4.78, 5) is 6.77. The monoisotopic (exact) mass is 166 g/mol. The van der Waals surface area contributed by atoms with Crippen molar-refractivity contribution in [3.8, 4) is 0 Å². The summed E-state index contributed by atoms with van der Waals surface area (Å²) in [7, 11) is 0. The van der Waals surface area contributed by atoms with Crippen molar-refractivity contribution in [1.29, 1.82) is 0 Å². The highest BCUT2D eigenvalue weighted by Gasteiger charge is 2.03. The van der Waals surface area contributed by atoms with E-state index in [2.05, 4.69) is 15.0 Å². The van der Waals surface area contributed by atoms with Crippen LogP contribution in [0, 0.1) is 13.8 Å². The van der Waals surface area contributed by atoms with Gasteiger partial charge >= 0.3 is 0 Å². The van der Waals surface area contributed by atoms with Crippen LogP contribution in [0.3, 0.4) is 0 Å². The second-order valence-electron chi connectivity index (χ2n) is 2.45. The molecule has 0 N–H and O–H groups in total. The molecule has 1 heterocycles. The third kappa shape index (κ3) is 2.00. The Morgan fingerprint density at radius 1 is 1.58 bits per heavy atom. The van der Waals surface area contributed by atoms with Crippen LogP contribution in [0.1, 0.15) is 17.3 Å². The molecule has 0 fully saturated rings. The first-order chi connectivity index (χ1) is 5.74. The fraction of sp³-hybridized carbons (Fsp3) is 0.571. The quantitative estimate of drug-likeness (QED) is 0.392. The van der Waals surface area contributed by atoms with Gasteiger partial charge in [-0.25, -0.2) is 4.98 Å². The Bertz CT molecular complexity index is 292. The number of aromatic nitrogens is 1.